The second kappa shape index (κ2) is 16.2. The number of nitrogens with zero attached hydrogens (tertiary/aromatic N) is 2. The summed E-state index contributed by atoms with van der Waals surface area (Å²) in [5.74, 6) is 0.521. The van der Waals surface area contributed by atoms with Crippen LogP contribution >= 0.6 is 24.8 Å². The molecule has 1 fully saturated rings. The van der Waals surface area contributed by atoms with Gasteiger partial charge in [0.15, 0.2) is 0 Å². The fraction of sp³-hybridized carbons (Fsp3) is 0.440. The molecule has 0 radical (unpaired) electrons. The lowest BCUT2D eigenvalue weighted by atomic mass is 10.2. The Morgan fingerprint density at radius 2 is 1.54 bits per heavy atom. The number of carbonyl (C=O) groups is 2. The molecule has 0 saturated carbocycles. The van der Waals surface area contributed by atoms with Crippen molar-refractivity contribution in [1.29, 1.82) is 0 Å². The summed E-state index contributed by atoms with van der Waals surface area (Å²) in [4.78, 5) is 28.7. The summed E-state index contributed by atoms with van der Waals surface area (Å²) in [6, 6.07) is 14.7. The Balaban J connectivity index is 0.00000306. The predicted octanol–water partition coefficient (Wildman–Crippen LogP) is 4.04. The van der Waals surface area contributed by atoms with Gasteiger partial charge in [-0.05, 0) is 61.9 Å². The number of nitrogens with one attached hydrogen (secondary N) is 2. The van der Waals surface area contributed by atoms with Gasteiger partial charge in [-0.3, -0.25) is 4.90 Å². The van der Waals surface area contributed by atoms with Crippen LogP contribution in [-0.2, 0) is 11.3 Å². The van der Waals surface area contributed by atoms with E-state index in [4.69, 9.17) is 9.47 Å². The third kappa shape index (κ3) is 10.3. The number of urea groups is 1. The van der Waals surface area contributed by atoms with Crippen LogP contribution in [0.1, 0.15) is 29.3 Å². The summed E-state index contributed by atoms with van der Waals surface area (Å²) in [5.41, 5.74) is 2.40. The topological polar surface area (TPSA) is 83.1 Å². The molecule has 0 atom stereocenters. The predicted molar refractivity (Wildman–Crippen MR) is 143 cm³/mol. The van der Waals surface area contributed by atoms with Gasteiger partial charge in [0.2, 0.25) is 0 Å². The van der Waals surface area contributed by atoms with E-state index in [0.29, 0.717) is 24.4 Å². The molecule has 2 aromatic rings. The van der Waals surface area contributed by atoms with E-state index in [9.17, 15) is 9.59 Å². The Morgan fingerprint density at radius 3 is 2.14 bits per heavy atom. The first-order valence-electron chi connectivity index (χ1n) is 11.5. The average molecular weight is 527 g/mol. The van der Waals surface area contributed by atoms with E-state index in [1.807, 2.05) is 12.1 Å². The molecule has 3 rings (SSSR count). The largest absolute Gasteiger partial charge is 0.497 e. The van der Waals surface area contributed by atoms with Crippen molar-refractivity contribution < 1.29 is 19.1 Å². The smallest absolute Gasteiger partial charge is 0.338 e. The van der Waals surface area contributed by atoms with E-state index in [1.54, 1.807) is 38.3 Å². The molecule has 2 amide bonds. The first-order valence-corrected chi connectivity index (χ1v) is 11.5. The van der Waals surface area contributed by atoms with Gasteiger partial charge in [-0.2, -0.15) is 0 Å². The first-order chi connectivity index (χ1) is 16.1. The van der Waals surface area contributed by atoms with Gasteiger partial charge in [-0.25, -0.2) is 9.59 Å². The molecule has 0 bridgehead atoms. The number of esters is 1. The fourth-order valence-electron chi connectivity index (χ4n) is 3.74. The normalized spacial score (nSPS) is 13.7. The zero-order valence-corrected chi connectivity index (χ0v) is 22.0. The molecule has 2 aromatic carbocycles. The van der Waals surface area contributed by atoms with Crippen LogP contribution in [0.5, 0.6) is 5.75 Å². The molecule has 194 valence electrons. The van der Waals surface area contributed by atoms with E-state index in [-0.39, 0.29) is 36.8 Å². The van der Waals surface area contributed by atoms with Crippen LogP contribution in [0.2, 0.25) is 0 Å². The van der Waals surface area contributed by atoms with Gasteiger partial charge in [-0.15, -0.1) is 24.8 Å². The molecule has 0 aromatic heterocycles. The van der Waals surface area contributed by atoms with Crippen LogP contribution in [0.25, 0.3) is 0 Å². The number of rotatable bonds is 10. The number of benzene rings is 2. The van der Waals surface area contributed by atoms with Crippen molar-refractivity contribution in [2.45, 2.75) is 19.9 Å². The maximum absolute atomic E-state index is 12.1. The van der Waals surface area contributed by atoms with Gasteiger partial charge in [-0.1, -0.05) is 12.1 Å². The minimum Gasteiger partial charge on any atom is -0.497 e. The summed E-state index contributed by atoms with van der Waals surface area (Å²) >= 11 is 0. The van der Waals surface area contributed by atoms with E-state index in [2.05, 4.69) is 32.6 Å². The van der Waals surface area contributed by atoms with E-state index in [1.165, 1.54) is 5.56 Å². The Hall–Kier alpha value is -2.52. The second-order valence-electron chi connectivity index (χ2n) is 8.00. The van der Waals surface area contributed by atoms with Crippen molar-refractivity contribution in [1.82, 2.24) is 15.1 Å². The molecule has 0 aliphatic carbocycles. The third-order valence-corrected chi connectivity index (χ3v) is 5.62. The number of piperazine rings is 1. The Kier molecular flexibility index (Phi) is 14.1. The molecular formula is C25H36Cl2N4O4. The molecule has 35 heavy (non-hydrogen) atoms. The van der Waals surface area contributed by atoms with Gasteiger partial charge < -0.3 is 25.0 Å². The highest BCUT2D eigenvalue weighted by atomic mass is 35.5. The number of ether oxygens (including phenoxy) is 2. The minimum absolute atomic E-state index is 0. The monoisotopic (exact) mass is 526 g/mol. The lowest BCUT2D eigenvalue weighted by Crippen LogP contribution is -2.46. The Morgan fingerprint density at radius 1 is 0.914 bits per heavy atom. The number of hydrogen-bond donors (Lipinski definition) is 2. The van der Waals surface area contributed by atoms with Crippen molar-refractivity contribution in [2.75, 3.05) is 58.3 Å². The van der Waals surface area contributed by atoms with Gasteiger partial charge in [0.25, 0.3) is 0 Å². The fourth-order valence-corrected chi connectivity index (χ4v) is 3.74. The molecule has 2 N–H and O–H groups in total. The molecule has 0 unspecified atom stereocenters. The molecule has 1 aliphatic rings. The summed E-state index contributed by atoms with van der Waals surface area (Å²) in [6.45, 7) is 8.79. The van der Waals surface area contributed by atoms with Crippen LogP contribution in [0.15, 0.2) is 48.5 Å². The lowest BCUT2D eigenvalue weighted by Gasteiger charge is -2.34. The van der Waals surface area contributed by atoms with Crippen molar-refractivity contribution in [2.24, 2.45) is 0 Å². The first kappa shape index (κ1) is 30.5. The standard InChI is InChI=1S/C25H34N4O4.2ClH/c1-3-33-24(30)21-7-9-22(10-8-21)27-25(31)26-13-4-14-28-15-17-29(18-16-28)19-20-5-11-23(32-2)12-6-20;;/h5-12H,3-4,13-19H2,1-2H3,(H2,26,27,31);2*1H. The zero-order chi connectivity index (χ0) is 23.5. The highest BCUT2D eigenvalue weighted by Crippen LogP contribution is 2.14. The lowest BCUT2D eigenvalue weighted by molar-refractivity contribution is 0.0526. The molecule has 0 spiro atoms. The maximum Gasteiger partial charge on any atom is 0.338 e. The summed E-state index contributed by atoms with van der Waals surface area (Å²) in [6.07, 6.45) is 0.897. The van der Waals surface area contributed by atoms with E-state index >= 15 is 0 Å². The van der Waals surface area contributed by atoms with Crippen molar-refractivity contribution in [3.05, 3.63) is 59.7 Å². The van der Waals surface area contributed by atoms with Gasteiger partial charge in [0.1, 0.15) is 5.75 Å². The van der Waals surface area contributed by atoms with Crippen molar-refractivity contribution in [3.8, 4) is 5.75 Å². The van der Waals surface area contributed by atoms with Crippen LogP contribution in [0.4, 0.5) is 10.5 Å². The van der Waals surface area contributed by atoms with Gasteiger partial charge in [0, 0.05) is 45.0 Å². The SMILES string of the molecule is CCOC(=O)c1ccc(NC(=O)NCCCN2CCN(Cc3ccc(OC)cc3)CC2)cc1.Cl.Cl. The maximum atomic E-state index is 12.1. The second-order valence-corrected chi connectivity index (χ2v) is 8.00. The van der Waals surface area contributed by atoms with Gasteiger partial charge in [0.05, 0.1) is 19.3 Å². The third-order valence-electron chi connectivity index (χ3n) is 5.62. The van der Waals surface area contributed by atoms with E-state index < -0.39 is 0 Å². The molecule has 1 aliphatic heterocycles. The number of amides is 2. The number of hydrogen-bond acceptors (Lipinski definition) is 6. The number of halogens is 2. The number of carbonyl (C=O) groups excluding carboxylic acids is 2. The van der Waals surface area contributed by atoms with Gasteiger partial charge >= 0.3 is 12.0 Å². The number of methoxy groups -OCH3 is 1. The molecule has 1 heterocycles. The summed E-state index contributed by atoms with van der Waals surface area (Å²) in [5, 5.41) is 5.67. The Labute approximate surface area is 220 Å². The van der Waals surface area contributed by atoms with Crippen LogP contribution in [-0.4, -0.2) is 74.8 Å². The van der Waals surface area contributed by atoms with Crippen LogP contribution in [0.3, 0.4) is 0 Å². The zero-order valence-electron chi connectivity index (χ0n) is 20.3. The van der Waals surface area contributed by atoms with Crippen LogP contribution in [0, 0.1) is 0 Å². The molecule has 8 nitrogen and oxygen atoms in total. The molecular weight excluding hydrogens is 491 g/mol. The van der Waals surface area contributed by atoms with Crippen molar-refractivity contribution >= 4 is 42.5 Å². The van der Waals surface area contributed by atoms with E-state index in [0.717, 1.165) is 51.4 Å². The Bertz CT molecular complexity index is 889. The number of anilines is 1. The summed E-state index contributed by atoms with van der Waals surface area (Å²) in [7, 11) is 1.68. The average Bonchev–Trinajstić information content (AvgIpc) is 2.84. The quantitative estimate of drug-likeness (QED) is 0.359. The van der Waals surface area contributed by atoms with Crippen LogP contribution < -0.4 is 15.4 Å². The molecule has 1 saturated heterocycles. The minimum atomic E-state index is -0.366. The highest BCUT2D eigenvalue weighted by molar-refractivity contribution is 5.92. The van der Waals surface area contributed by atoms with Crippen molar-refractivity contribution in [3.63, 3.8) is 0 Å². The highest BCUT2D eigenvalue weighted by Gasteiger charge is 2.16. The summed E-state index contributed by atoms with van der Waals surface area (Å²) < 4.78 is 10.2. The molecule has 10 heteroatoms.